The molecule has 0 radical (unpaired) electrons. The van der Waals surface area contributed by atoms with Crippen molar-refractivity contribution < 1.29 is 19.1 Å². The molecular formula is C10H15BrO4. The maximum atomic E-state index is 11.3. The average molecular weight is 279 g/mol. The predicted molar refractivity (Wildman–Crippen MR) is 57.6 cm³/mol. The molecule has 1 aliphatic carbocycles. The second-order valence-electron chi connectivity index (χ2n) is 3.70. The summed E-state index contributed by atoms with van der Waals surface area (Å²) in [5.74, 6) is -0.672. The number of hydrogen-bond donors (Lipinski definition) is 0. The van der Waals surface area contributed by atoms with Gasteiger partial charge in [0.25, 0.3) is 0 Å². The van der Waals surface area contributed by atoms with Crippen molar-refractivity contribution in [1.29, 1.82) is 0 Å². The molecule has 1 saturated carbocycles. The van der Waals surface area contributed by atoms with E-state index in [-0.39, 0.29) is 28.8 Å². The van der Waals surface area contributed by atoms with E-state index in [4.69, 9.17) is 4.74 Å². The fourth-order valence-corrected chi connectivity index (χ4v) is 2.40. The molecule has 3 unspecified atom stereocenters. The molecular weight excluding hydrogens is 264 g/mol. The fraction of sp³-hybridized carbons (Fsp3) is 0.800. The van der Waals surface area contributed by atoms with Crippen LogP contribution in [-0.4, -0.2) is 30.0 Å². The molecule has 0 aromatic rings. The van der Waals surface area contributed by atoms with Gasteiger partial charge in [-0.1, -0.05) is 15.9 Å². The lowest BCUT2D eigenvalue weighted by atomic mass is 9.87. The van der Waals surface area contributed by atoms with E-state index in [1.54, 1.807) is 0 Å². The maximum absolute atomic E-state index is 11.3. The van der Waals surface area contributed by atoms with Crippen LogP contribution in [0.1, 0.15) is 26.2 Å². The van der Waals surface area contributed by atoms with Gasteiger partial charge in [-0.25, -0.2) is 0 Å². The Morgan fingerprint density at radius 3 is 2.53 bits per heavy atom. The standard InChI is InChI=1S/C10H15BrO4/c1-6(12)15-9-5-7(10(13)14-2)3-4-8(9)11/h7-9H,3-5H2,1-2H3. The number of methoxy groups -OCH3 is 1. The first-order valence-corrected chi connectivity index (χ1v) is 5.85. The minimum absolute atomic E-state index is 0.141. The number of halogens is 1. The van der Waals surface area contributed by atoms with Crippen LogP contribution in [0.4, 0.5) is 0 Å². The highest BCUT2D eigenvalue weighted by molar-refractivity contribution is 9.09. The second kappa shape index (κ2) is 5.49. The molecule has 0 spiro atoms. The molecule has 4 nitrogen and oxygen atoms in total. The summed E-state index contributed by atoms with van der Waals surface area (Å²) in [7, 11) is 1.38. The van der Waals surface area contributed by atoms with Gasteiger partial charge in [0.1, 0.15) is 6.10 Å². The predicted octanol–water partition coefficient (Wildman–Crippen LogP) is 1.65. The van der Waals surface area contributed by atoms with Crippen LogP contribution in [0.3, 0.4) is 0 Å². The summed E-state index contributed by atoms with van der Waals surface area (Å²) in [4.78, 5) is 22.3. The largest absolute Gasteiger partial charge is 0.469 e. The van der Waals surface area contributed by atoms with Crippen molar-refractivity contribution in [3.05, 3.63) is 0 Å². The van der Waals surface area contributed by atoms with Crippen molar-refractivity contribution in [3.8, 4) is 0 Å². The number of rotatable bonds is 2. The van der Waals surface area contributed by atoms with Gasteiger partial charge in [0.2, 0.25) is 0 Å². The van der Waals surface area contributed by atoms with Crippen molar-refractivity contribution in [2.45, 2.75) is 37.1 Å². The molecule has 0 aromatic heterocycles. The quantitative estimate of drug-likeness (QED) is 0.569. The first-order chi connectivity index (χ1) is 7.04. The Kier molecular flexibility index (Phi) is 4.57. The smallest absolute Gasteiger partial charge is 0.308 e. The molecule has 15 heavy (non-hydrogen) atoms. The van der Waals surface area contributed by atoms with Gasteiger partial charge in [0.05, 0.1) is 17.9 Å². The fourth-order valence-electron chi connectivity index (χ4n) is 1.81. The first-order valence-electron chi connectivity index (χ1n) is 4.93. The highest BCUT2D eigenvalue weighted by atomic mass is 79.9. The molecule has 5 heteroatoms. The molecule has 0 amide bonds. The van der Waals surface area contributed by atoms with E-state index in [9.17, 15) is 9.59 Å². The normalized spacial score (nSPS) is 30.7. The van der Waals surface area contributed by atoms with Gasteiger partial charge in [-0.05, 0) is 19.3 Å². The number of hydrogen-bond acceptors (Lipinski definition) is 4. The van der Waals surface area contributed by atoms with Gasteiger partial charge in [0, 0.05) is 6.92 Å². The van der Waals surface area contributed by atoms with Crippen LogP contribution >= 0.6 is 15.9 Å². The molecule has 0 N–H and O–H groups in total. The average Bonchev–Trinajstić information content (AvgIpc) is 2.19. The highest BCUT2D eigenvalue weighted by Crippen LogP contribution is 2.31. The van der Waals surface area contributed by atoms with Crippen molar-refractivity contribution in [1.82, 2.24) is 0 Å². The Bertz CT molecular complexity index is 254. The van der Waals surface area contributed by atoms with Crippen molar-refractivity contribution >= 4 is 27.9 Å². The van der Waals surface area contributed by atoms with Gasteiger partial charge in [-0.15, -0.1) is 0 Å². The van der Waals surface area contributed by atoms with E-state index in [2.05, 4.69) is 20.7 Å². The van der Waals surface area contributed by atoms with Gasteiger partial charge in [0.15, 0.2) is 0 Å². The van der Waals surface area contributed by atoms with Crippen LogP contribution in [0, 0.1) is 5.92 Å². The van der Waals surface area contributed by atoms with Crippen molar-refractivity contribution in [2.24, 2.45) is 5.92 Å². The molecule has 86 valence electrons. The Morgan fingerprint density at radius 2 is 2.00 bits per heavy atom. The molecule has 1 rings (SSSR count). The van der Waals surface area contributed by atoms with Crippen molar-refractivity contribution in [2.75, 3.05) is 7.11 Å². The topological polar surface area (TPSA) is 52.6 Å². The molecule has 1 aliphatic rings. The zero-order valence-electron chi connectivity index (χ0n) is 8.86. The Balaban J connectivity index is 2.55. The summed E-state index contributed by atoms with van der Waals surface area (Å²) in [5.41, 5.74) is 0. The lowest BCUT2D eigenvalue weighted by Gasteiger charge is -2.31. The van der Waals surface area contributed by atoms with E-state index < -0.39 is 0 Å². The Labute approximate surface area is 97.4 Å². The molecule has 0 saturated heterocycles. The number of esters is 2. The Morgan fingerprint density at radius 1 is 1.33 bits per heavy atom. The van der Waals surface area contributed by atoms with E-state index in [0.717, 1.165) is 12.8 Å². The molecule has 0 heterocycles. The monoisotopic (exact) mass is 278 g/mol. The van der Waals surface area contributed by atoms with E-state index in [1.807, 2.05) is 0 Å². The summed E-state index contributed by atoms with van der Waals surface area (Å²) in [6.07, 6.45) is 1.92. The molecule has 0 aromatic carbocycles. The van der Waals surface area contributed by atoms with Crippen molar-refractivity contribution in [3.63, 3.8) is 0 Å². The molecule has 0 bridgehead atoms. The molecule has 3 atom stereocenters. The number of carbonyl (C=O) groups excluding carboxylic acids is 2. The third kappa shape index (κ3) is 3.48. The van der Waals surface area contributed by atoms with Gasteiger partial charge >= 0.3 is 11.9 Å². The van der Waals surface area contributed by atoms with E-state index in [0.29, 0.717) is 6.42 Å². The summed E-state index contributed by atoms with van der Waals surface area (Å²) >= 11 is 3.45. The number of ether oxygens (including phenoxy) is 2. The second-order valence-corrected chi connectivity index (χ2v) is 4.87. The number of alkyl halides is 1. The van der Waals surface area contributed by atoms with Crippen LogP contribution in [-0.2, 0) is 19.1 Å². The van der Waals surface area contributed by atoms with Crippen LogP contribution in [0.5, 0.6) is 0 Å². The van der Waals surface area contributed by atoms with Crippen LogP contribution in [0.25, 0.3) is 0 Å². The summed E-state index contributed by atoms with van der Waals surface area (Å²) in [6, 6.07) is 0. The molecule has 1 fully saturated rings. The van der Waals surface area contributed by atoms with E-state index >= 15 is 0 Å². The Hall–Kier alpha value is -0.580. The summed E-state index contributed by atoms with van der Waals surface area (Å²) in [5, 5.41) is 0. The van der Waals surface area contributed by atoms with Gasteiger partial charge < -0.3 is 9.47 Å². The third-order valence-corrected chi connectivity index (χ3v) is 3.61. The van der Waals surface area contributed by atoms with Gasteiger partial charge in [-0.2, -0.15) is 0 Å². The lowest BCUT2D eigenvalue weighted by Crippen LogP contribution is -2.36. The van der Waals surface area contributed by atoms with Crippen LogP contribution < -0.4 is 0 Å². The summed E-state index contributed by atoms with van der Waals surface area (Å²) in [6.45, 7) is 1.38. The van der Waals surface area contributed by atoms with E-state index in [1.165, 1.54) is 14.0 Å². The SMILES string of the molecule is COC(=O)C1CCC(Br)C(OC(C)=O)C1. The maximum Gasteiger partial charge on any atom is 0.308 e. The van der Waals surface area contributed by atoms with Crippen LogP contribution in [0.2, 0.25) is 0 Å². The minimum atomic E-state index is -0.310. The van der Waals surface area contributed by atoms with Gasteiger partial charge in [-0.3, -0.25) is 9.59 Å². The van der Waals surface area contributed by atoms with Crippen LogP contribution in [0.15, 0.2) is 0 Å². The summed E-state index contributed by atoms with van der Waals surface area (Å²) < 4.78 is 9.82. The third-order valence-electron chi connectivity index (χ3n) is 2.56. The molecule has 0 aliphatic heterocycles. The lowest BCUT2D eigenvalue weighted by molar-refractivity contribution is -0.155. The number of carbonyl (C=O) groups is 2. The first kappa shape index (κ1) is 12.5. The minimum Gasteiger partial charge on any atom is -0.469 e. The zero-order valence-corrected chi connectivity index (χ0v) is 10.5. The highest BCUT2D eigenvalue weighted by Gasteiger charge is 2.34. The zero-order chi connectivity index (χ0) is 11.4.